The highest BCUT2D eigenvalue weighted by Crippen LogP contribution is 2.33. The van der Waals surface area contributed by atoms with Crippen LogP contribution in [-0.4, -0.2) is 11.5 Å². The van der Waals surface area contributed by atoms with Crippen molar-refractivity contribution >= 4 is 28.8 Å². The summed E-state index contributed by atoms with van der Waals surface area (Å²) in [6.45, 7) is 4.61. The lowest BCUT2D eigenvalue weighted by molar-refractivity contribution is -0.137. The number of alkyl halides is 3. The molecule has 0 unspecified atom stereocenters. The molecule has 2 heterocycles. The molecule has 21 heavy (non-hydrogen) atoms. The van der Waals surface area contributed by atoms with Gasteiger partial charge in [0.15, 0.2) is 0 Å². The van der Waals surface area contributed by atoms with Crippen molar-refractivity contribution in [1.82, 2.24) is 4.98 Å². The highest BCUT2D eigenvalue weighted by atomic mass is 35.5. The lowest BCUT2D eigenvalue weighted by Crippen LogP contribution is -2.27. The number of nitrogens with zero attached hydrogens (tertiary/aromatic N) is 1. The second kappa shape index (κ2) is 5.85. The number of nitrogens with one attached hydrogen (secondary N) is 1. The van der Waals surface area contributed by atoms with Crippen LogP contribution in [-0.2, 0) is 11.6 Å². The van der Waals surface area contributed by atoms with Crippen LogP contribution in [0.2, 0.25) is 5.02 Å². The van der Waals surface area contributed by atoms with Gasteiger partial charge in [0.2, 0.25) is 0 Å². The van der Waals surface area contributed by atoms with Gasteiger partial charge >= 0.3 is 6.18 Å². The molecule has 0 aliphatic carbocycles. The number of aromatic nitrogens is 1. The minimum absolute atomic E-state index is 0.0354. The Labute approximate surface area is 130 Å². The molecule has 1 N–H and O–H groups in total. The largest absolute Gasteiger partial charge is 0.417 e. The van der Waals surface area contributed by atoms with Crippen LogP contribution in [0.25, 0.3) is 0 Å². The summed E-state index contributed by atoms with van der Waals surface area (Å²) in [5.74, 6) is 0.259. The van der Waals surface area contributed by atoms with E-state index in [2.05, 4.69) is 10.3 Å². The summed E-state index contributed by atoms with van der Waals surface area (Å²) < 4.78 is 37.6. The average molecular weight is 335 g/mol. The van der Waals surface area contributed by atoms with E-state index in [1.54, 1.807) is 11.3 Å². The summed E-state index contributed by atoms with van der Waals surface area (Å²) in [6, 6.07) is 4.87. The van der Waals surface area contributed by atoms with Gasteiger partial charge in [-0.2, -0.15) is 13.2 Å². The number of hydrogen-bond acceptors (Lipinski definition) is 3. The van der Waals surface area contributed by atoms with Crippen LogP contribution >= 0.6 is 22.9 Å². The SMILES string of the molecule is CC(C)(CNc1ncc(C(F)(F)F)cc1Cl)c1cccs1. The van der Waals surface area contributed by atoms with Crippen LogP contribution < -0.4 is 5.32 Å². The summed E-state index contributed by atoms with van der Waals surface area (Å²) in [4.78, 5) is 4.95. The van der Waals surface area contributed by atoms with Crippen molar-refractivity contribution in [3.63, 3.8) is 0 Å². The normalized spacial score (nSPS) is 12.5. The molecule has 0 aliphatic heterocycles. The Bertz CT molecular complexity index is 609. The van der Waals surface area contributed by atoms with E-state index >= 15 is 0 Å². The zero-order valence-electron chi connectivity index (χ0n) is 11.5. The molecular weight excluding hydrogens is 321 g/mol. The van der Waals surface area contributed by atoms with Crippen LogP contribution in [0.15, 0.2) is 29.8 Å². The predicted octanol–water partition coefficient (Wildman–Crippen LogP) is 5.21. The Morgan fingerprint density at radius 2 is 2.05 bits per heavy atom. The molecule has 7 heteroatoms. The summed E-state index contributed by atoms with van der Waals surface area (Å²) in [7, 11) is 0. The van der Waals surface area contributed by atoms with E-state index in [0.717, 1.165) is 12.3 Å². The van der Waals surface area contributed by atoms with Gasteiger partial charge in [-0.25, -0.2) is 4.98 Å². The van der Waals surface area contributed by atoms with Crippen LogP contribution in [0.3, 0.4) is 0 Å². The second-order valence-electron chi connectivity index (χ2n) is 5.27. The smallest absolute Gasteiger partial charge is 0.368 e. The molecule has 0 saturated heterocycles. The highest BCUT2D eigenvalue weighted by molar-refractivity contribution is 7.10. The van der Waals surface area contributed by atoms with Gasteiger partial charge in [0.05, 0.1) is 10.6 Å². The van der Waals surface area contributed by atoms with E-state index in [4.69, 9.17) is 11.6 Å². The summed E-state index contributed by atoms with van der Waals surface area (Å²) >= 11 is 7.50. The molecule has 0 aliphatic rings. The second-order valence-corrected chi connectivity index (χ2v) is 6.62. The molecule has 2 aromatic rings. The van der Waals surface area contributed by atoms with Gasteiger partial charge in [-0.15, -0.1) is 11.3 Å². The molecule has 0 saturated carbocycles. The first kappa shape index (κ1) is 16.1. The maximum absolute atomic E-state index is 12.5. The number of rotatable bonds is 4. The van der Waals surface area contributed by atoms with E-state index in [0.29, 0.717) is 6.54 Å². The Balaban J connectivity index is 2.11. The minimum Gasteiger partial charge on any atom is -0.368 e. The Kier molecular flexibility index (Phi) is 4.49. The molecule has 0 radical (unpaired) electrons. The first-order chi connectivity index (χ1) is 9.70. The fraction of sp³-hybridized carbons (Fsp3) is 0.357. The van der Waals surface area contributed by atoms with Gasteiger partial charge < -0.3 is 5.32 Å². The zero-order valence-corrected chi connectivity index (χ0v) is 13.0. The third-order valence-electron chi connectivity index (χ3n) is 3.05. The van der Waals surface area contributed by atoms with E-state index in [9.17, 15) is 13.2 Å². The molecule has 2 aromatic heterocycles. The topological polar surface area (TPSA) is 24.9 Å². The molecule has 2 nitrogen and oxygen atoms in total. The third kappa shape index (κ3) is 3.89. The lowest BCUT2D eigenvalue weighted by atomic mass is 9.91. The van der Waals surface area contributed by atoms with Gasteiger partial charge in [0.1, 0.15) is 5.82 Å². The van der Waals surface area contributed by atoms with Crippen LogP contribution in [0.5, 0.6) is 0 Å². The van der Waals surface area contributed by atoms with Crippen molar-refractivity contribution < 1.29 is 13.2 Å². The van der Waals surface area contributed by atoms with Crippen molar-refractivity contribution in [2.45, 2.75) is 25.4 Å². The monoisotopic (exact) mass is 334 g/mol. The van der Waals surface area contributed by atoms with Gasteiger partial charge in [-0.05, 0) is 17.5 Å². The summed E-state index contributed by atoms with van der Waals surface area (Å²) in [5, 5.41) is 4.97. The van der Waals surface area contributed by atoms with Gasteiger partial charge in [-0.1, -0.05) is 31.5 Å². The molecule has 0 amide bonds. The van der Waals surface area contributed by atoms with Crippen LogP contribution in [0.4, 0.5) is 19.0 Å². The number of anilines is 1. The predicted molar refractivity (Wildman–Crippen MR) is 80.1 cm³/mol. The molecular formula is C14H14ClF3N2S. The Hall–Kier alpha value is -1.27. The van der Waals surface area contributed by atoms with Gasteiger partial charge in [0.25, 0.3) is 0 Å². The molecule has 0 spiro atoms. The number of pyridine rings is 1. The molecule has 0 bridgehead atoms. The standard InChI is InChI=1S/C14H14ClF3N2S/c1-13(2,11-4-3-5-21-11)8-20-12-10(15)6-9(7-19-12)14(16,17)18/h3-7H,8H2,1-2H3,(H,19,20). The van der Waals surface area contributed by atoms with E-state index in [-0.39, 0.29) is 16.3 Å². The molecule has 0 fully saturated rings. The number of thiophene rings is 1. The molecule has 114 valence electrons. The van der Waals surface area contributed by atoms with Gasteiger partial charge in [-0.3, -0.25) is 0 Å². The van der Waals surface area contributed by atoms with Crippen molar-refractivity contribution in [1.29, 1.82) is 0 Å². The van der Waals surface area contributed by atoms with Crippen molar-refractivity contribution in [2.75, 3.05) is 11.9 Å². The fourth-order valence-corrected chi connectivity index (χ4v) is 2.86. The lowest BCUT2D eigenvalue weighted by Gasteiger charge is -2.24. The number of hydrogen-bond donors (Lipinski definition) is 1. The summed E-state index contributed by atoms with van der Waals surface area (Å²) in [5.41, 5.74) is -1.02. The van der Waals surface area contributed by atoms with Crippen LogP contribution in [0.1, 0.15) is 24.3 Å². The molecule has 0 atom stereocenters. The highest BCUT2D eigenvalue weighted by Gasteiger charge is 2.31. The molecule has 0 aromatic carbocycles. The Morgan fingerprint density at radius 3 is 2.57 bits per heavy atom. The van der Waals surface area contributed by atoms with Crippen molar-refractivity contribution in [3.05, 3.63) is 45.2 Å². The number of halogens is 4. The average Bonchev–Trinajstić information content (AvgIpc) is 2.90. The fourth-order valence-electron chi connectivity index (χ4n) is 1.78. The zero-order chi connectivity index (χ0) is 15.7. The first-order valence-corrected chi connectivity index (χ1v) is 7.46. The Morgan fingerprint density at radius 1 is 1.33 bits per heavy atom. The van der Waals surface area contributed by atoms with Crippen molar-refractivity contribution in [3.8, 4) is 0 Å². The maximum atomic E-state index is 12.5. The quantitative estimate of drug-likeness (QED) is 0.830. The minimum atomic E-state index is -4.44. The van der Waals surface area contributed by atoms with E-state index < -0.39 is 11.7 Å². The third-order valence-corrected chi connectivity index (χ3v) is 4.58. The maximum Gasteiger partial charge on any atom is 0.417 e. The first-order valence-electron chi connectivity index (χ1n) is 6.21. The van der Waals surface area contributed by atoms with Gasteiger partial charge in [0, 0.05) is 23.0 Å². The summed E-state index contributed by atoms with van der Waals surface area (Å²) in [6.07, 6.45) is -3.65. The van der Waals surface area contributed by atoms with Crippen LogP contribution in [0, 0.1) is 0 Å². The van der Waals surface area contributed by atoms with Crippen molar-refractivity contribution in [2.24, 2.45) is 0 Å². The van der Waals surface area contributed by atoms with E-state index in [1.165, 1.54) is 4.88 Å². The molecule has 2 rings (SSSR count). The van der Waals surface area contributed by atoms with E-state index in [1.807, 2.05) is 31.4 Å².